The van der Waals surface area contributed by atoms with Gasteiger partial charge >= 0.3 is 6.09 Å². The standard InChI is InChI=1S/C13H20ClN3O2/c1-13(2,3)19-12(18)17-10(8-15)7-9-5-4-6-11(14)16-9/h4-6,10H,7-8,15H2,1-3H3,(H,17,18). The predicted molar refractivity (Wildman–Crippen MR) is 75.2 cm³/mol. The van der Waals surface area contributed by atoms with E-state index in [2.05, 4.69) is 10.3 Å². The van der Waals surface area contributed by atoms with Crippen molar-refractivity contribution < 1.29 is 9.53 Å². The van der Waals surface area contributed by atoms with Crippen molar-refractivity contribution in [1.82, 2.24) is 10.3 Å². The van der Waals surface area contributed by atoms with Crippen LogP contribution in [0.2, 0.25) is 5.15 Å². The van der Waals surface area contributed by atoms with Gasteiger partial charge in [-0.25, -0.2) is 9.78 Å². The number of nitrogens with zero attached hydrogens (tertiary/aromatic N) is 1. The van der Waals surface area contributed by atoms with Crippen LogP contribution in [0.1, 0.15) is 26.5 Å². The van der Waals surface area contributed by atoms with E-state index in [4.69, 9.17) is 22.1 Å². The number of aromatic nitrogens is 1. The number of carbonyl (C=O) groups is 1. The quantitative estimate of drug-likeness (QED) is 0.831. The second-order valence-electron chi connectivity index (χ2n) is 5.23. The molecule has 0 aliphatic heterocycles. The number of hydrogen-bond acceptors (Lipinski definition) is 4. The molecule has 0 fully saturated rings. The molecule has 0 saturated heterocycles. The number of nitrogens with one attached hydrogen (secondary N) is 1. The van der Waals surface area contributed by atoms with Crippen molar-refractivity contribution >= 4 is 17.7 Å². The van der Waals surface area contributed by atoms with Gasteiger partial charge in [0.05, 0.1) is 0 Å². The molecule has 0 spiro atoms. The summed E-state index contributed by atoms with van der Waals surface area (Å²) in [5, 5.41) is 3.14. The van der Waals surface area contributed by atoms with Crippen LogP contribution in [-0.2, 0) is 11.2 Å². The third kappa shape index (κ3) is 6.40. The van der Waals surface area contributed by atoms with E-state index in [1.807, 2.05) is 32.9 Å². The molecule has 106 valence electrons. The van der Waals surface area contributed by atoms with Crippen molar-refractivity contribution in [3.05, 3.63) is 29.0 Å². The van der Waals surface area contributed by atoms with Crippen molar-refractivity contribution in [3.63, 3.8) is 0 Å². The average molecular weight is 286 g/mol. The molecule has 1 heterocycles. The molecule has 0 saturated carbocycles. The molecule has 1 atom stereocenters. The van der Waals surface area contributed by atoms with E-state index in [9.17, 15) is 4.79 Å². The zero-order valence-corrected chi connectivity index (χ0v) is 12.2. The summed E-state index contributed by atoms with van der Waals surface area (Å²) in [4.78, 5) is 15.8. The number of halogens is 1. The van der Waals surface area contributed by atoms with E-state index in [1.54, 1.807) is 6.07 Å². The van der Waals surface area contributed by atoms with Crippen LogP contribution in [0.5, 0.6) is 0 Å². The normalized spacial score (nSPS) is 12.9. The van der Waals surface area contributed by atoms with Gasteiger partial charge in [-0.3, -0.25) is 0 Å². The predicted octanol–water partition coefficient (Wildman–Crippen LogP) is 2.13. The molecule has 0 aliphatic rings. The second kappa shape index (κ2) is 6.73. The Hall–Kier alpha value is -1.33. The summed E-state index contributed by atoms with van der Waals surface area (Å²) in [6, 6.07) is 5.11. The largest absolute Gasteiger partial charge is 0.444 e. The van der Waals surface area contributed by atoms with Gasteiger partial charge in [-0.15, -0.1) is 0 Å². The Balaban J connectivity index is 2.57. The molecule has 1 aromatic heterocycles. The third-order valence-corrected chi connectivity index (χ3v) is 2.44. The third-order valence-electron chi connectivity index (χ3n) is 2.23. The highest BCUT2D eigenvalue weighted by Gasteiger charge is 2.19. The lowest BCUT2D eigenvalue weighted by molar-refractivity contribution is 0.0506. The van der Waals surface area contributed by atoms with Gasteiger partial charge in [0.1, 0.15) is 10.8 Å². The first-order valence-corrected chi connectivity index (χ1v) is 6.49. The van der Waals surface area contributed by atoms with Crippen molar-refractivity contribution in [2.45, 2.75) is 38.8 Å². The van der Waals surface area contributed by atoms with Crippen LogP contribution >= 0.6 is 11.6 Å². The fourth-order valence-electron chi connectivity index (χ4n) is 1.48. The summed E-state index contributed by atoms with van der Waals surface area (Å²) in [6.07, 6.45) is 0.0287. The van der Waals surface area contributed by atoms with E-state index in [1.165, 1.54) is 0 Å². The molecule has 1 aromatic rings. The van der Waals surface area contributed by atoms with Gasteiger partial charge in [0.2, 0.25) is 0 Å². The molecule has 3 N–H and O–H groups in total. The number of carbonyl (C=O) groups excluding carboxylic acids is 1. The van der Waals surface area contributed by atoms with E-state index in [0.29, 0.717) is 18.1 Å². The fourth-order valence-corrected chi connectivity index (χ4v) is 1.67. The number of hydrogen-bond donors (Lipinski definition) is 2. The monoisotopic (exact) mass is 285 g/mol. The maximum absolute atomic E-state index is 11.6. The number of rotatable bonds is 4. The number of alkyl carbamates (subject to hydrolysis) is 1. The minimum atomic E-state index is -0.530. The molecule has 6 heteroatoms. The van der Waals surface area contributed by atoms with Crippen molar-refractivity contribution in [2.75, 3.05) is 6.54 Å². The van der Waals surface area contributed by atoms with Crippen LogP contribution in [0.15, 0.2) is 18.2 Å². The van der Waals surface area contributed by atoms with E-state index < -0.39 is 11.7 Å². The van der Waals surface area contributed by atoms with Crippen LogP contribution in [0.3, 0.4) is 0 Å². The number of ether oxygens (including phenoxy) is 1. The second-order valence-corrected chi connectivity index (χ2v) is 5.62. The minimum Gasteiger partial charge on any atom is -0.444 e. The fraction of sp³-hybridized carbons (Fsp3) is 0.538. The Bertz CT molecular complexity index is 432. The summed E-state index contributed by atoms with van der Waals surface area (Å²) in [5.41, 5.74) is 5.89. The lowest BCUT2D eigenvalue weighted by Crippen LogP contribution is -2.44. The Labute approximate surface area is 118 Å². The van der Waals surface area contributed by atoms with Gasteiger partial charge in [0.15, 0.2) is 0 Å². The lowest BCUT2D eigenvalue weighted by Gasteiger charge is -2.22. The zero-order chi connectivity index (χ0) is 14.5. The SMILES string of the molecule is CC(C)(C)OC(=O)NC(CN)Cc1cccc(Cl)n1. The van der Waals surface area contributed by atoms with Gasteiger partial charge in [-0.1, -0.05) is 17.7 Å². The molecular weight excluding hydrogens is 266 g/mol. The highest BCUT2D eigenvalue weighted by molar-refractivity contribution is 6.29. The first-order chi connectivity index (χ1) is 8.80. The number of amides is 1. The number of nitrogens with two attached hydrogens (primary N) is 1. The molecular formula is C13H20ClN3O2. The van der Waals surface area contributed by atoms with Gasteiger partial charge in [0, 0.05) is 24.7 Å². The van der Waals surface area contributed by atoms with Crippen LogP contribution in [0, 0.1) is 0 Å². The lowest BCUT2D eigenvalue weighted by atomic mass is 10.1. The van der Waals surface area contributed by atoms with E-state index in [-0.39, 0.29) is 6.04 Å². The summed E-state index contributed by atoms with van der Waals surface area (Å²) in [5.74, 6) is 0. The maximum Gasteiger partial charge on any atom is 0.407 e. The molecule has 0 aromatic carbocycles. The topological polar surface area (TPSA) is 77.2 Å². The van der Waals surface area contributed by atoms with Crippen LogP contribution in [0.4, 0.5) is 4.79 Å². The summed E-state index contributed by atoms with van der Waals surface area (Å²) < 4.78 is 5.18. The van der Waals surface area contributed by atoms with Gasteiger partial charge in [-0.05, 0) is 32.9 Å². The first kappa shape index (κ1) is 15.7. The van der Waals surface area contributed by atoms with Crippen molar-refractivity contribution in [3.8, 4) is 0 Å². The Morgan fingerprint density at radius 2 is 2.21 bits per heavy atom. The van der Waals surface area contributed by atoms with Crippen LogP contribution in [-0.4, -0.2) is 29.3 Å². The van der Waals surface area contributed by atoms with Crippen molar-refractivity contribution in [1.29, 1.82) is 0 Å². The first-order valence-electron chi connectivity index (χ1n) is 6.11. The Morgan fingerprint density at radius 1 is 1.53 bits per heavy atom. The van der Waals surface area contributed by atoms with Crippen LogP contribution in [0.25, 0.3) is 0 Å². The van der Waals surface area contributed by atoms with Gasteiger partial charge in [-0.2, -0.15) is 0 Å². The van der Waals surface area contributed by atoms with E-state index >= 15 is 0 Å². The van der Waals surface area contributed by atoms with Crippen molar-refractivity contribution in [2.24, 2.45) is 5.73 Å². The molecule has 1 amide bonds. The molecule has 1 rings (SSSR count). The molecule has 0 radical (unpaired) electrons. The average Bonchev–Trinajstić information content (AvgIpc) is 2.25. The van der Waals surface area contributed by atoms with E-state index in [0.717, 1.165) is 5.69 Å². The molecule has 1 unspecified atom stereocenters. The van der Waals surface area contributed by atoms with Gasteiger partial charge < -0.3 is 15.8 Å². The molecule has 5 nitrogen and oxygen atoms in total. The summed E-state index contributed by atoms with van der Waals surface area (Å²) in [6.45, 7) is 5.72. The Kier molecular flexibility index (Phi) is 5.57. The van der Waals surface area contributed by atoms with Crippen LogP contribution < -0.4 is 11.1 Å². The Morgan fingerprint density at radius 3 is 2.74 bits per heavy atom. The zero-order valence-electron chi connectivity index (χ0n) is 11.4. The number of pyridine rings is 1. The minimum absolute atomic E-state index is 0.235. The molecule has 19 heavy (non-hydrogen) atoms. The highest BCUT2D eigenvalue weighted by Crippen LogP contribution is 2.09. The molecule has 0 aliphatic carbocycles. The smallest absolute Gasteiger partial charge is 0.407 e. The summed E-state index contributed by atoms with van der Waals surface area (Å²) in [7, 11) is 0. The maximum atomic E-state index is 11.6. The molecule has 0 bridgehead atoms. The summed E-state index contributed by atoms with van der Waals surface area (Å²) >= 11 is 5.81. The highest BCUT2D eigenvalue weighted by atomic mass is 35.5. The van der Waals surface area contributed by atoms with Gasteiger partial charge in [0.25, 0.3) is 0 Å².